The predicted octanol–water partition coefficient (Wildman–Crippen LogP) is 5.90. The lowest BCUT2D eigenvalue weighted by Crippen LogP contribution is -2.11. The number of benzene rings is 3. The summed E-state index contributed by atoms with van der Waals surface area (Å²) in [4.78, 5) is 14.4. The maximum absolute atomic E-state index is 12.8. The van der Waals surface area contributed by atoms with Crippen LogP contribution < -0.4 is 10.1 Å². The van der Waals surface area contributed by atoms with Gasteiger partial charge in [-0.2, -0.15) is 4.80 Å². The molecule has 2 heterocycles. The topological polar surface area (TPSA) is 82.2 Å². The van der Waals surface area contributed by atoms with Crippen LogP contribution in [0.1, 0.15) is 16.1 Å². The number of carbonyl (C=O) groups is 1. The van der Waals surface area contributed by atoms with Crippen LogP contribution in [-0.4, -0.2) is 28.0 Å². The van der Waals surface area contributed by atoms with E-state index in [-0.39, 0.29) is 11.7 Å². The Kier molecular flexibility index (Phi) is 5.32. The van der Waals surface area contributed by atoms with Crippen LogP contribution in [-0.2, 0) is 0 Å². The standard InChI is InChI=1S/C25H19ClN4O3/c1-15-13-21-22(29-30(28-21)18-7-9-19(32-2)10-8-18)14-20(15)27-25(31)24-12-11-23(33-24)16-3-5-17(26)6-4-16/h3-14H,1-2H3,(H,27,31). The first-order chi connectivity index (χ1) is 16.0. The van der Waals surface area contributed by atoms with E-state index in [1.54, 1.807) is 42.2 Å². The Morgan fingerprint density at radius 1 is 0.970 bits per heavy atom. The summed E-state index contributed by atoms with van der Waals surface area (Å²) < 4.78 is 11.0. The smallest absolute Gasteiger partial charge is 0.291 e. The van der Waals surface area contributed by atoms with Crippen LogP contribution >= 0.6 is 11.6 Å². The molecule has 0 spiro atoms. The summed E-state index contributed by atoms with van der Waals surface area (Å²) in [7, 11) is 1.62. The van der Waals surface area contributed by atoms with Gasteiger partial charge in [0.25, 0.3) is 5.91 Å². The third kappa shape index (κ3) is 4.18. The Bertz CT molecular complexity index is 1450. The molecule has 0 aliphatic heterocycles. The number of fused-ring (bicyclic) bond motifs is 1. The molecule has 0 atom stereocenters. The molecule has 1 amide bonds. The predicted molar refractivity (Wildman–Crippen MR) is 127 cm³/mol. The number of methoxy groups -OCH3 is 1. The van der Waals surface area contributed by atoms with E-state index in [1.807, 2.05) is 49.4 Å². The van der Waals surface area contributed by atoms with Crippen LogP contribution in [0.3, 0.4) is 0 Å². The molecule has 0 saturated carbocycles. The molecule has 0 radical (unpaired) electrons. The Labute approximate surface area is 194 Å². The number of rotatable bonds is 5. The van der Waals surface area contributed by atoms with Gasteiger partial charge in [0, 0.05) is 16.3 Å². The first-order valence-corrected chi connectivity index (χ1v) is 10.6. The molecular weight excluding hydrogens is 440 g/mol. The van der Waals surface area contributed by atoms with Gasteiger partial charge in [-0.1, -0.05) is 11.6 Å². The molecule has 33 heavy (non-hydrogen) atoms. The molecular formula is C25H19ClN4O3. The van der Waals surface area contributed by atoms with Crippen LogP contribution in [0.15, 0.2) is 77.2 Å². The number of aromatic nitrogens is 3. The fraction of sp³-hybridized carbons (Fsp3) is 0.0800. The average molecular weight is 459 g/mol. The number of nitrogens with one attached hydrogen (secondary N) is 1. The summed E-state index contributed by atoms with van der Waals surface area (Å²) in [6.07, 6.45) is 0. The van der Waals surface area contributed by atoms with E-state index < -0.39 is 0 Å². The summed E-state index contributed by atoms with van der Waals surface area (Å²) in [5, 5.41) is 12.6. The summed E-state index contributed by atoms with van der Waals surface area (Å²) in [6.45, 7) is 1.91. The van der Waals surface area contributed by atoms with Gasteiger partial charge in [-0.3, -0.25) is 4.79 Å². The zero-order valence-corrected chi connectivity index (χ0v) is 18.6. The summed E-state index contributed by atoms with van der Waals surface area (Å²) >= 11 is 5.94. The highest BCUT2D eigenvalue weighted by molar-refractivity contribution is 6.30. The Balaban J connectivity index is 1.38. The maximum Gasteiger partial charge on any atom is 0.291 e. The first-order valence-electron chi connectivity index (χ1n) is 10.2. The Hall–Kier alpha value is -4.10. The molecule has 8 heteroatoms. The fourth-order valence-corrected chi connectivity index (χ4v) is 3.57. The monoisotopic (exact) mass is 458 g/mol. The number of hydrogen-bond donors (Lipinski definition) is 1. The number of ether oxygens (including phenoxy) is 1. The molecule has 0 fully saturated rings. The lowest BCUT2D eigenvalue weighted by molar-refractivity contribution is 0.0997. The summed E-state index contributed by atoms with van der Waals surface area (Å²) in [5.74, 6) is 1.21. The molecule has 1 N–H and O–H groups in total. The van der Waals surface area contributed by atoms with E-state index >= 15 is 0 Å². The molecule has 5 aromatic rings. The zero-order chi connectivity index (χ0) is 22.9. The minimum absolute atomic E-state index is 0.210. The molecule has 0 aliphatic carbocycles. The third-order valence-electron chi connectivity index (χ3n) is 5.24. The van der Waals surface area contributed by atoms with Crippen LogP contribution in [0.4, 0.5) is 5.69 Å². The van der Waals surface area contributed by atoms with Crippen molar-refractivity contribution in [2.75, 3.05) is 12.4 Å². The molecule has 0 saturated heterocycles. The number of furan rings is 1. The van der Waals surface area contributed by atoms with E-state index in [0.29, 0.717) is 22.0 Å². The van der Waals surface area contributed by atoms with Crippen molar-refractivity contribution in [1.29, 1.82) is 0 Å². The normalized spacial score (nSPS) is 11.0. The number of aryl methyl sites for hydroxylation is 1. The molecule has 2 aromatic heterocycles. The average Bonchev–Trinajstić information content (AvgIpc) is 3.47. The van der Waals surface area contributed by atoms with Gasteiger partial charge >= 0.3 is 0 Å². The van der Waals surface area contributed by atoms with Gasteiger partial charge < -0.3 is 14.5 Å². The van der Waals surface area contributed by atoms with Crippen LogP contribution in [0.5, 0.6) is 5.75 Å². The minimum atomic E-state index is -0.347. The molecule has 0 bridgehead atoms. The number of halogens is 1. The molecule has 164 valence electrons. The van der Waals surface area contributed by atoms with Crippen molar-refractivity contribution in [1.82, 2.24) is 15.0 Å². The van der Waals surface area contributed by atoms with Crippen molar-refractivity contribution in [3.8, 4) is 22.8 Å². The molecule has 7 nitrogen and oxygen atoms in total. The molecule has 0 aliphatic rings. The Morgan fingerprint density at radius 2 is 1.67 bits per heavy atom. The van der Waals surface area contributed by atoms with Gasteiger partial charge in [0.15, 0.2) is 5.76 Å². The lowest BCUT2D eigenvalue weighted by atomic mass is 10.1. The van der Waals surface area contributed by atoms with Gasteiger partial charge in [-0.05, 0) is 85.3 Å². The van der Waals surface area contributed by atoms with Gasteiger partial charge in [-0.25, -0.2) is 0 Å². The van der Waals surface area contributed by atoms with E-state index in [1.165, 1.54) is 0 Å². The number of carbonyl (C=O) groups excluding carboxylic acids is 1. The van der Waals surface area contributed by atoms with Gasteiger partial charge in [-0.15, -0.1) is 10.2 Å². The second kappa shape index (κ2) is 8.44. The molecule has 0 unspecified atom stereocenters. The number of anilines is 1. The first kappa shape index (κ1) is 20.8. The van der Waals surface area contributed by atoms with Crippen molar-refractivity contribution in [3.05, 3.63) is 89.1 Å². The quantitative estimate of drug-likeness (QED) is 0.354. The van der Waals surface area contributed by atoms with Crippen LogP contribution in [0.25, 0.3) is 28.0 Å². The zero-order valence-electron chi connectivity index (χ0n) is 17.9. The van der Waals surface area contributed by atoms with Crippen molar-refractivity contribution in [3.63, 3.8) is 0 Å². The molecule has 3 aromatic carbocycles. The third-order valence-corrected chi connectivity index (χ3v) is 5.49. The summed E-state index contributed by atoms with van der Waals surface area (Å²) in [6, 6.07) is 21.8. The SMILES string of the molecule is COc1ccc(-n2nc3cc(C)c(NC(=O)c4ccc(-c5ccc(Cl)cc5)o4)cc3n2)cc1. The van der Waals surface area contributed by atoms with Crippen molar-refractivity contribution in [2.45, 2.75) is 6.92 Å². The lowest BCUT2D eigenvalue weighted by Gasteiger charge is -2.06. The minimum Gasteiger partial charge on any atom is -0.497 e. The van der Waals surface area contributed by atoms with E-state index in [4.69, 9.17) is 20.8 Å². The van der Waals surface area contributed by atoms with E-state index in [0.717, 1.165) is 28.1 Å². The van der Waals surface area contributed by atoms with Gasteiger partial charge in [0.1, 0.15) is 22.5 Å². The fourth-order valence-electron chi connectivity index (χ4n) is 3.45. The van der Waals surface area contributed by atoms with Crippen molar-refractivity contribution >= 4 is 34.2 Å². The van der Waals surface area contributed by atoms with Crippen molar-refractivity contribution in [2.24, 2.45) is 0 Å². The highest BCUT2D eigenvalue weighted by Gasteiger charge is 2.15. The Morgan fingerprint density at radius 3 is 2.36 bits per heavy atom. The largest absolute Gasteiger partial charge is 0.497 e. The van der Waals surface area contributed by atoms with Crippen LogP contribution in [0, 0.1) is 6.92 Å². The van der Waals surface area contributed by atoms with Gasteiger partial charge in [0.05, 0.1) is 12.8 Å². The van der Waals surface area contributed by atoms with Crippen LogP contribution in [0.2, 0.25) is 5.02 Å². The van der Waals surface area contributed by atoms with Gasteiger partial charge in [0.2, 0.25) is 0 Å². The second-order valence-corrected chi connectivity index (χ2v) is 7.90. The second-order valence-electron chi connectivity index (χ2n) is 7.47. The number of hydrogen-bond acceptors (Lipinski definition) is 5. The number of nitrogens with zero attached hydrogens (tertiary/aromatic N) is 3. The van der Waals surface area contributed by atoms with E-state index in [9.17, 15) is 4.79 Å². The van der Waals surface area contributed by atoms with Crippen molar-refractivity contribution < 1.29 is 13.9 Å². The van der Waals surface area contributed by atoms with E-state index in [2.05, 4.69) is 15.5 Å². The highest BCUT2D eigenvalue weighted by atomic mass is 35.5. The highest BCUT2D eigenvalue weighted by Crippen LogP contribution is 2.26. The summed E-state index contributed by atoms with van der Waals surface area (Å²) in [5.41, 5.74) is 4.53. The molecule has 5 rings (SSSR count). The maximum atomic E-state index is 12.8. The number of amides is 1.